The molecule has 3 saturated heterocycles. The molecular formula is C5H7B2O3. The molecule has 4 unspecified atom stereocenters. The molecule has 0 saturated carbocycles. The summed E-state index contributed by atoms with van der Waals surface area (Å²) >= 11 is 0. The minimum atomic E-state index is -0.829. The van der Waals surface area contributed by atoms with Crippen LogP contribution in [-0.4, -0.2) is 49.6 Å². The molecule has 2 bridgehead atoms. The lowest BCUT2D eigenvalue weighted by Gasteiger charge is -2.39. The lowest BCUT2D eigenvalue weighted by molar-refractivity contribution is -0.0470. The van der Waals surface area contributed by atoms with Gasteiger partial charge >= 0.3 is 0 Å². The van der Waals surface area contributed by atoms with Crippen LogP contribution in [0.4, 0.5) is 0 Å². The molecule has 0 aromatic heterocycles. The highest BCUT2D eigenvalue weighted by molar-refractivity contribution is 6.50. The Kier molecular flexibility index (Phi) is 1.19. The molecule has 3 aliphatic heterocycles. The Bertz CT molecular complexity index is 165. The van der Waals surface area contributed by atoms with Gasteiger partial charge in [-0.1, -0.05) is 0 Å². The van der Waals surface area contributed by atoms with Gasteiger partial charge in [-0.05, 0) is 5.82 Å². The van der Waals surface area contributed by atoms with Gasteiger partial charge in [0.05, 0.1) is 18.2 Å². The summed E-state index contributed by atoms with van der Waals surface area (Å²) in [6.45, 7) is -0.182. The van der Waals surface area contributed by atoms with Crippen molar-refractivity contribution in [2.75, 3.05) is 6.61 Å². The van der Waals surface area contributed by atoms with E-state index >= 15 is 0 Å². The summed E-state index contributed by atoms with van der Waals surface area (Å²) in [6, 6.07) is -0.429. The third-order valence-electron chi connectivity index (χ3n) is 2.32. The summed E-state index contributed by atoms with van der Waals surface area (Å²) in [5.41, 5.74) is -0.829. The van der Waals surface area contributed by atoms with Gasteiger partial charge in [-0.2, -0.15) is 0 Å². The predicted octanol–water partition coefficient (Wildman–Crippen LogP) is -1.93. The zero-order valence-electron chi connectivity index (χ0n) is 5.40. The molecule has 2 N–H and O–H groups in total. The number of aliphatic hydroxyl groups is 2. The molecule has 0 aromatic rings. The van der Waals surface area contributed by atoms with Crippen LogP contribution in [0.25, 0.3) is 0 Å². The van der Waals surface area contributed by atoms with E-state index in [1.54, 1.807) is 7.28 Å². The lowest BCUT2D eigenvalue weighted by atomic mass is 9.36. The zero-order valence-corrected chi connectivity index (χ0v) is 5.40. The monoisotopic (exact) mass is 137 g/mol. The van der Waals surface area contributed by atoms with E-state index in [0.29, 0.717) is 0 Å². The van der Waals surface area contributed by atoms with E-state index in [1.165, 1.54) is 0 Å². The molecule has 0 aliphatic carbocycles. The van der Waals surface area contributed by atoms with Gasteiger partial charge in [0, 0.05) is 6.00 Å². The average Bonchev–Trinajstić information content (AvgIpc) is 2.37. The molecule has 3 rings (SSSR count). The van der Waals surface area contributed by atoms with Crippen LogP contribution in [-0.2, 0) is 4.74 Å². The third-order valence-corrected chi connectivity index (χ3v) is 2.32. The first-order valence-corrected chi connectivity index (χ1v) is 3.28. The van der Waals surface area contributed by atoms with Gasteiger partial charge < -0.3 is 14.9 Å². The van der Waals surface area contributed by atoms with Crippen LogP contribution in [0.15, 0.2) is 0 Å². The van der Waals surface area contributed by atoms with Gasteiger partial charge in [-0.3, -0.25) is 0 Å². The molecule has 51 valence electrons. The summed E-state index contributed by atoms with van der Waals surface area (Å²) < 4.78 is 5.11. The number of hydrogen-bond donors (Lipinski definition) is 2. The van der Waals surface area contributed by atoms with Gasteiger partial charge in [0.25, 0.3) is 0 Å². The van der Waals surface area contributed by atoms with Crippen molar-refractivity contribution in [2.45, 2.75) is 23.4 Å². The summed E-state index contributed by atoms with van der Waals surface area (Å²) in [5, 5.41) is 18.1. The normalized spacial score (nSPS) is 57.6. The molecule has 0 spiro atoms. The van der Waals surface area contributed by atoms with Crippen molar-refractivity contribution in [3.05, 3.63) is 0 Å². The summed E-state index contributed by atoms with van der Waals surface area (Å²) in [5.74, 6) is -0.0767. The quantitative estimate of drug-likeness (QED) is 0.413. The Labute approximate surface area is 61.0 Å². The van der Waals surface area contributed by atoms with Crippen LogP contribution in [0, 0.1) is 0 Å². The van der Waals surface area contributed by atoms with Gasteiger partial charge in [-0.25, -0.2) is 0 Å². The summed E-state index contributed by atoms with van der Waals surface area (Å²) in [6.07, 6.45) is -0.604. The largest absolute Gasteiger partial charge is 0.394 e. The molecule has 3 radical (unpaired) electrons. The van der Waals surface area contributed by atoms with Crippen molar-refractivity contribution in [3.63, 3.8) is 0 Å². The Morgan fingerprint density at radius 1 is 1.70 bits per heavy atom. The molecule has 3 fully saturated rings. The van der Waals surface area contributed by atoms with Gasteiger partial charge in [0.15, 0.2) is 7.28 Å². The molecule has 4 atom stereocenters. The molecular weight excluding hydrogens is 130 g/mol. The first-order valence-electron chi connectivity index (χ1n) is 3.28. The molecule has 10 heavy (non-hydrogen) atoms. The SMILES string of the molecule is [B]C1OC2(CO)[B]C1C2O. The third kappa shape index (κ3) is 0.540. The number of rotatable bonds is 1. The van der Waals surface area contributed by atoms with Crippen LogP contribution in [0.2, 0.25) is 5.82 Å². The molecule has 5 heteroatoms. The average molecular weight is 137 g/mol. The van der Waals surface area contributed by atoms with Crippen molar-refractivity contribution < 1.29 is 14.9 Å². The molecule has 0 aromatic carbocycles. The fourth-order valence-corrected chi connectivity index (χ4v) is 1.62. The second-order valence-electron chi connectivity index (χ2n) is 2.88. The predicted molar refractivity (Wildman–Crippen MR) is 36.0 cm³/mol. The molecule has 3 aliphatic rings. The van der Waals surface area contributed by atoms with Crippen molar-refractivity contribution in [1.82, 2.24) is 0 Å². The van der Waals surface area contributed by atoms with Gasteiger partial charge in [0.1, 0.15) is 7.85 Å². The standard InChI is InChI=1S/C5H7B2O3/c6-4-2-3(9)5(1-8,7-2)10-4/h2-4,8-9H,1H2. The number of aliphatic hydroxyl groups excluding tert-OH is 2. The minimum Gasteiger partial charge on any atom is -0.394 e. The van der Waals surface area contributed by atoms with Gasteiger partial charge in [0.2, 0.25) is 0 Å². The van der Waals surface area contributed by atoms with Crippen LogP contribution in [0.1, 0.15) is 0 Å². The fraction of sp³-hybridized carbons (Fsp3) is 1.00. The van der Waals surface area contributed by atoms with Crippen molar-refractivity contribution >= 4 is 15.1 Å². The zero-order chi connectivity index (χ0) is 7.35. The van der Waals surface area contributed by atoms with Crippen molar-refractivity contribution in [3.8, 4) is 0 Å². The van der Waals surface area contributed by atoms with E-state index in [-0.39, 0.29) is 12.4 Å². The maximum Gasteiger partial charge on any atom is 0.169 e. The van der Waals surface area contributed by atoms with Crippen LogP contribution in [0.5, 0.6) is 0 Å². The Hall–Kier alpha value is 0.00987. The molecule has 3 heterocycles. The summed E-state index contributed by atoms with van der Waals surface area (Å²) in [7, 11) is 7.21. The highest BCUT2D eigenvalue weighted by atomic mass is 16.5. The smallest absolute Gasteiger partial charge is 0.169 e. The van der Waals surface area contributed by atoms with Crippen LogP contribution < -0.4 is 0 Å². The van der Waals surface area contributed by atoms with Crippen LogP contribution >= 0.6 is 0 Å². The van der Waals surface area contributed by atoms with E-state index in [0.717, 1.165) is 0 Å². The van der Waals surface area contributed by atoms with E-state index in [2.05, 4.69) is 0 Å². The Morgan fingerprint density at radius 2 is 2.40 bits per heavy atom. The van der Waals surface area contributed by atoms with E-state index in [9.17, 15) is 5.11 Å². The maximum absolute atomic E-state index is 9.27. The van der Waals surface area contributed by atoms with E-state index in [1.807, 2.05) is 0 Å². The van der Waals surface area contributed by atoms with E-state index < -0.39 is 17.6 Å². The summed E-state index contributed by atoms with van der Waals surface area (Å²) in [4.78, 5) is 0. The molecule has 0 amide bonds. The van der Waals surface area contributed by atoms with Crippen LogP contribution in [0.3, 0.4) is 0 Å². The number of hydrogen-bond acceptors (Lipinski definition) is 3. The van der Waals surface area contributed by atoms with E-state index in [4.69, 9.17) is 17.7 Å². The number of fused-ring (bicyclic) bond motifs is 1. The first-order chi connectivity index (χ1) is 4.69. The fourth-order valence-electron chi connectivity index (χ4n) is 1.62. The Morgan fingerprint density at radius 3 is 2.60 bits per heavy atom. The molecule has 3 nitrogen and oxygen atoms in total. The number of ether oxygens (including phenoxy) is 1. The van der Waals surface area contributed by atoms with Crippen molar-refractivity contribution in [1.29, 1.82) is 0 Å². The first kappa shape index (κ1) is 6.70. The maximum atomic E-state index is 9.27. The Balaban J connectivity index is 2.17. The topological polar surface area (TPSA) is 49.7 Å². The van der Waals surface area contributed by atoms with Gasteiger partial charge in [-0.15, -0.1) is 0 Å². The highest BCUT2D eigenvalue weighted by Crippen LogP contribution is 2.48. The van der Waals surface area contributed by atoms with Crippen molar-refractivity contribution in [2.24, 2.45) is 0 Å². The lowest BCUT2D eigenvalue weighted by Crippen LogP contribution is -2.59. The second-order valence-corrected chi connectivity index (χ2v) is 2.88. The minimum absolute atomic E-state index is 0.0767. The highest BCUT2D eigenvalue weighted by Gasteiger charge is 2.63. The second kappa shape index (κ2) is 1.78.